The number of hydrogen-bond acceptors (Lipinski definition) is 7. The summed E-state index contributed by atoms with van der Waals surface area (Å²) in [5, 5.41) is 29.5. The van der Waals surface area contributed by atoms with E-state index < -0.39 is 36.8 Å². The molecule has 1 aliphatic rings. The highest BCUT2D eigenvalue weighted by Gasteiger charge is 2.24. The van der Waals surface area contributed by atoms with Crippen molar-refractivity contribution in [3.63, 3.8) is 0 Å². The van der Waals surface area contributed by atoms with Gasteiger partial charge in [-0.25, -0.2) is 9.37 Å². The summed E-state index contributed by atoms with van der Waals surface area (Å²) in [6.07, 6.45) is 3.48. The molecule has 3 aromatic rings. The minimum absolute atomic E-state index is 0.00666. The van der Waals surface area contributed by atoms with Gasteiger partial charge in [0.1, 0.15) is 5.82 Å². The molecule has 3 heterocycles. The van der Waals surface area contributed by atoms with Crippen LogP contribution in [0, 0.1) is 5.82 Å². The van der Waals surface area contributed by atoms with Gasteiger partial charge in [-0.3, -0.25) is 14.3 Å². The highest BCUT2D eigenvalue weighted by atomic mass is 19.1. The topological polar surface area (TPSA) is 139 Å². The van der Waals surface area contributed by atoms with Crippen molar-refractivity contribution in [2.24, 2.45) is 0 Å². The number of nitrogens with one attached hydrogen (secondary N) is 2. The fourth-order valence-corrected chi connectivity index (χ4v) is 4.25. The lowest BCUT2D eigenvalue weighted by molar-refractivity contribution is -0.137. The lowest BCUT2D eigenvalue weighted by Gasteiger charge is -2.18. The Balaban J connectivity index is 1.49. The van der Waals surface area contributed by atoms with Crippen LogP contribution in [0.5, 0.6) is 5.75 Å². The maximum absolute atomic E-state index is 14.2. The molecule has 11 heteroatoms. The van der Waals surface area contributed by atoms with E-state index in [0.29, 0.717) is 18.7 Å². The van der Waals surface area contributed by atoms with Gasteiger partial charge in [-0.1, -0.05) is 12.1 Å². The summed E-state index contributed by atoms with van der Waals surface area (Å²) in [7, 11) is 1.32. The molecule has 36 heavy (non-hydrogen) atoms. The number of amides is 1. The van der Waals surface area contributed by atoms with Gasteiger partial charge in [0.2, 0.25) is 0 Å². The van der Waals surface area contributed by atoms with Crippen LogP contribution in [-0.2, 0) is 30.8 Å². The first-order valence-electron chi connectivity index (χ1n) is 11.6. The number of nitrogens with zero attached hydrogens (tertiary/aromatic N) is 3. The Hall–Kier alpha value is -3.99. The molecule has 1 unspecified atom stereocenters. The number of aryl methyl sites for hydroxylation is 3. The summed E-state index contributed by atoms with van der Waals surface area (Å²) in [4.78, 5) is 29.1. The number of rotatable bonds is 10. The van der Waals surface area contributed by atoms with E-state index in [1.165, 1.54) is 35.7 Å². The molecule has 0 aliphatic carbocycles. The van der Waals surface area contributed by atoms with Gasteiger partial charge in [0.25, 0.3) is 5.91 Å². The highest BCUT2D eigenvalue weighted by Crippen LogP contribution is 2.25. The van der Waals surface area contributed by atoms with Crippen LogP contribution in [-0.4, -0.2) is 50.5 Å². The number of carboxylic acid groups (broad SMARTS) is 1. The second-order valence-electron chi connectivity index (χ2n) is 8.49. The molecular weight excluding hydrogens is 469 g/mol. The van der Waals surface area contributed by atoms with Crippen LogP contribution in [0.2, 0.25) is 0 Å². The second-order valence-corrected chi connectivity index (χ2v) is 8.49. The number of hydrogen-bond donors (Lipinski definition) is 4. The Morgan fingerprint density at radius 1 is 1.31 bits per heavy atom. The Bertz CT molecular complexity index is 1260. The molecule has 1 atom stereocenters. The summed E-state index contributed by atoms with van der Waals surface area (Å²) >= 11 is 0. The number of benzene rings is 1. The monoisotopic (exact) mass is 497 g/mol. The van der Waals surface area contributed by atoms with Gasteiger partial charge in [-0.2, -0.15) is 5.10 Å². The summed E-state index contributed by atoms with van der Waals surface area (Å²) < 4.78 is 20.6. The summed E-state index contributed by atoms with van der Waals surface area (Å²) in [5.74, 6) is -1.56. The number of aliphatic carboxylic acids is 1. The van der Waals surface area contributed by atoms with E-state index >= 15 is 0 Å². The van der Waals surface area contributed by atoms with Crippen LogP contribution in [0.1, 0.15) is 51.8 Å². The largest absolute Gasteiger partial charge is 0.494 e. The van der Waals surface area contributed by atoms with Crippen molar-refractivity contribution < 1.29 is 28.9 Å². The van der Waals surface area contributed by atoms with E-state index in [-0.39, 0.29) is 16.9 Å². The minimum atomic E-state index is -1.17. The van der Waals surface area contributed by atoms with Gasteiger partial charge in [0.15, 0.2) is 11.6 Å². The molecule has 0 bridgehead atoms. The van der Waals surface area contributed by atoms with E-state index in [4.69, 9.17) is 4.74 Å². The zero-order valence-electron chi connectivity index (χ0n) is 19.8. The Morgan fingerprint density at radius 3 is 2.86 bits per heavy atom. The number of pyridine rings is 1. The molecule has 1 amide bonds. The van der Waals surface area contributed by atoms with E-state index in [0.717, 1.165) is 37.0 Å². The summed E-state index contributed by atoms with van der Waals surface area (Å²) in [6, 6.07) is 7.01. The normalized spacial score (nSPS) is 13.4. The lowest BCUT2D eigenvalue weighted by atomic mass is 10.0. The SMILES string of the molecule is COc1ccc(C(CC(=O)O)NC(=O)c2cnn(CCc3ccc4c(n3)NCCC4)c2CO)cc1F. The first kappa shape index (κ1) is 25.1. The van der Waals surface area contributed by atoms with E-state index in [1.807, 2.05) is 6.07 Å². The van der Waals surface area contributed by atoms with Crippen LogP contribution < -0.4 is 15.4 Å². The number of aromatic nitrogens is 3. The van der Waals surface area contributed by atoms with Crippen LogP contribution in [0.25, 0.3) is 0 Å². The first-order valence-corrected chi connectivity index (χ1v) is 11.6. The molecule has 0 saturated carbocycles. The second kappa shape index (κ2) is 11.2. The zero-order chi connectivity index (χ0) is 25.7. The third kappa shape index (κ3) is 5.62. The quantitative estimate of drug-likeness (QED) is 0.335. The van der Waals surface area contributed by atoms with Crippen molar-refractivity contribution in [3.8, 4) is 5.75 Å². The summed E-state index contributed by atoms with van der Waals surface area (Å²) in [6.45, 7) is 0.835. The molecule has 190 valence electrons. The number of ether oxygens (including phenoxy) is 1. The van der Waals surface area contributed by atoms with Crippen molar-refractivity contribution in [1.82, 2.24) is 20.1 Å². The third-order valence-electron chi connectivity index (χ3n) is 6.14. The number of aliphatic hydroxyl groups is 1. The van der Waals surface area contributed by atoms with Crippen LogP contribution >= 0.6 is 0 Å². The molecule has 4 rings (SSSR count). The molecule has 1 aromatic carbocycles. The van der Waals surface area contributed by atoms with Crippen molar-refractivity contribution in [3.05, 3.63) is 70.4 Å². The maximum atomic E-state index is 14.2. The van der Waals surface area contributed by atoms with Gasteiger partial charge < -0.3 is 25.6 Å². The molecule has 1 aliphatic heterocycles. The molecule has 10 nitrogen and oxygen atoms in total. The number of anilines is 1. The predicted octanol–water partition coefficient (Wildman–Crippen LogP) is 2.46. The third-order valence-corrected chi connectivity index (χ3v) is 6.14. The molecule has 0 spiro atoms. The van der Waals surface area contributed by atoms with Gasteiger partial charge in [-0.15, -0.1) is 0 Å². The average molecular weight is 498 g/mol. The van der Waals surface area contributed by atoms with Crippen molar-refractivity contribution in [2.45, 2.75) is 44.9 Å². The van der Waals surface area contributed by atoms with Crippen molar-refractivity contribution >= 4 is 17.7 Å². The lowest BCUT2D eigenvalue weighted by Crippen LogP contribution is -2.31. The Kier molecular flexibility index (Phi) is 7.79. The zero-order valence-corrected chi connectivity index (χ0v) is 19.8. The van der Waals surface area contributed by atoms with Crippen LogP contribution in [0.3, 0.4) is 0 Å². The number of carboxylic acids is 1. The highest BCUT2D eigenvalue weighted by molar-refractivity contribution is 5.95. The van der Waals surface area contributed by atoms with E-state index in [9.17, 15) is 24.2 Å². The number of methoxy groups -OCH3 is 1. The maximum Gasteiger partial charge on any atom is 0.305 e. The number of fused-ring (bicyclic) bond motifs is 1. The van der Waals surface area contributed by atoms with Gasteiger partial charge >= 0.3 is 5.97 Å². The van der Waals surface area contributed by atoms with Gasteiger partial charge in [0, 0.05) is 25.2 Å². The van der Waals surface area contributed by atoms with Crippen LogP contribution in [0.4, 0.5) is 10.2 Å². The fraction of sp³-hybridized carbons (Fsp3) is 0.360. The number of halogens is 1. The fourth-order valence-electron chi connectivity index (χ4n) is 4.25. The van der Waals surface area contributed by atoms with Gasteiger partial charge in [0.05, 0.1) is 43.6 Å². The molecule has 2 aromatic heterocycles. The van der Waals surface area contributed by atoms with Crippen molar-refractivity contribution in [2.75, 3.05) is 19.0 Å². The summed E-state index contributed by atoms with van der Waals surface area (Å²) in [5.41, 5.74) is 2.72. The molecular formula is C25H28FN5O5. The number of aliphatic hydroxyl groups excluding tert-OH is 1. The molecule has 0 saturated heterocycles. The molecule has 0 fully saturated rings. The van der Waals surface area contributed by atoms with Crippen molar-refractivity contribution in [1.29, 1.82) is 0 Å². The van der Waals surface area contributed by atoms with E-state index in [2.05, 4.69) is 26.8 Å². The number of carbonyl (C=O) groups excluding carboxylic acids is 1. The minimum Gasteiger partial charge on any atom is -0.494 e. The van der Waals surface area contributed by atoms with Gasteiger partial charge in [-0.05, 0) is 42.2 Å². The predicted molar refractivity (Wildman–Crippen MR) is 128 cm³/mol. The smallest absolute Gasteiger partial charge is 0.305 e. The average Bonchev–Trinajstić information content (AvgIpc) is 3.29. The Labute approximate surface area is 207 Å². The molecule has 4 N–H and O–H groups in total. The standard InChI is InChI=1S/C25H28FN5O5/c1-36-22-7-5-16(11-19(22)26)20(12-23(33)34)30-25(35)18-13-28-31(21(18)14-32)10-8-17-6-4-15-3-2-9-27-24(15)29-17/h4-7,11,13,20,32H,2-3,8-10,12,14H2,1H3,(H,27,29)(H,30,35)(H,33,34). The molecule has 0 radical (unpaired) electrons. The Morgan fingerprint density at radius 2 is 2.14 bits per heavy atom. The van der Waals surface area contributed by atoms with Crippen LogP contribution in [0.15, 0.2) is 36.5 Å². The van der Waals surface area contributed by atoms with E-state index in [1.54, 1.807) is 0 Å². The first-order chi connectivity index (χ1) is 17.4. The number of carbonyl (C=O) groups is 2.